The first-order chi connectivity index (χ1) is 12.1. The SMILES string of the molecule is COc1ccccc1C1(CNC(=O)c2ccn(C)c(=O)c2)CCCC1. The molecule has 1 aliphatic rings. The summed E-state index contributed by atoms with van der Waals surface area (Å²) in [4.78, 5) is 24.2. The van der Waals surface area contributed by atoms with E-state index in [0.29, 0.717) is 12.1 Å². The predicted octanol–water partition coefficient (Wildman–Crippen LogP) is 2.64. The average molecular weight is 340 g/mol. The van der Waals surface area contributed by atoms with Crippen molar-refractivity contribution in [2.24, 2.45) is 7.05 Å². The lowest BCUT2D eigenvalue weighted by Gasteiger charge is -2.31. The smallest absolute Gasteiger partial charge is 0.251 e. The summed E-state index contributed by atoms with van der Waals surface area (Å²) in [5.41, 5.74) is 1.26. The number of methoxy groups -OCH3 is 1. The minimum Gasteiger partial charge on any atom is -0.496 e. The van der Waals surface area contributed by atoms with Gasteiger partial charge < -0.3 is 14.6 Å². The summed E-state index contributed by atoms with van der Waals surface area (Å²) in [5, 5.41) is 3.04. The van der Waals surface area contributed by atoms with Crippen LogP contribution in [0.25, 0.3) is 0 Å². The molecule has 0 aliphatic heterocycles. The zero-order valence-electron chi connectivity index (χ0n) is 14.7. The maximum absolute atomic E-state index is 12.5. The monoisotopic (exact) mass is 340 g/mol. The third-order valence-corrected chi connectivity index (χ3v) is 5.19. The van der Waals surface area contributed by atoms with E-state index in [0.717, 1.165) is 37.0 Å². The molecule has 1 aromatic heterocycles. The van der Waals surface area contributed by atoms with Crippen molar-refractivity contribution in [1.82, 2.24) is 9.88 Å². The number of benzene rings is 1. The molecule has 1 aromatic carbocycles. The fourth-order valence-corrected chi connectivity index (χ4v) is 3.72. The number of carbonyl (C=O) groups is 1. The number of amides is 1. The van der Waals surface area contributed by atoms with Crippen LogP contribution in [0.2, 0.25) is 0 Å². The van der Waals surface area contributed by atoms with Crippen molar-refractivity contribution in [3.63, 3.8) is 0 Å². The van der Waals surface area contributed by atoms with Crippen molar-refractivity contribution in [3.8, 4) is 5.75 Å². The van der Waals surface area contributed by atoms with Crippen LogP contribution in [-0.4, -0.2) is 24.1 Å². The number of rotatable bonds is 5. The number of nitrogens with zero attached hydrogens (tertiary/aromatic N) is 1. The zero-order chi connectivity index (χ0) is 17.9. The normalized spacial score (nSPS) is 15.8. The fourth-order valence-electron chi connectivity index (χ4n) is 3.72. The highest BCUT2D eigenvalue weighted by atomic mass is 16.5. The molecule has 1 aliphatic carbocycles. The lowest BCUT2D eigenvalue weighted by atomic mass is 9.78. The molecule has 1 amide bonds. The Hall–Kier alpha value is -2.56. The number of carbonyl (C=O) groups excluding carboxylic acids is 1. The number of para-hydroxylation sites is 1. The van der Waals surface area contributed by atoms with Gasteiger partial charge in [0.1, 0.15) is 5.75 Å². The van der Waals surface area contributed by atoms with E-state index < -0.39 is 0 Å². The largest absolute Gasteiger partial charge is 0.496 e. The lowest BCUT2D eigenvalue weighted by molar-refractivity contribution is 0.0942. The first-order valence-corrected chi connectivity index (χ1v) is 8.64. The van der Waals surface area contributed by atoms with Crippen molar-refractivity contribution in [2.75, 3.05) is 13.7 Å². The van der Waals surface area contributed by atoms with E-state index >= 15 is 0 Å². The van der Waals surface area contributed by atoms with E-state index in [1.165, 1.54) is 10.6 Å². The third-order valence-electron chi connectivity index (χ3n) is 5.19. The van der Waals surface area contributed by atoms with Crippen LogP contribution in [0.3, 0.4) is 0 Å². The standard InChI is InChI=1S/C20H24N2O3/c1-22-12-9-15(13-18(22)23)19(24)21-14-20(10-5-6-11-20)16-7-3-4-8-17(16)25-2/h3-4,7-9,12-13H,5-6,10-11,14H2,1-2H3,(H,21,24). The summed E-state index contributed by atoms with van der Waals surface area (Å²) >= 11 is 0. The second-order valence-electron chi connectivity index (χ2n) is 6.73. The molecule has 5 nitrogen and oxygen atoms in total. The Morgan fingerprint density at radius 2 is 1.96 bits per heavy atom. The van der Waals surface area contributed by atoms with Crippen molar-refractivity contribution < 1.29 is 9.53 Å². The number of nitrogens with one attached hydrogen (secondary N) is 1. The molecule has 2 aromatic rings. The van der Waals surface area contributed by atoms with E-state index in [1.54, 1.807) is 26.4 Å². The van der Waals surface area contributed by atoms with Gasteiger partial charge in [0.05, 0.1) is 7.11 Å². The van der Waals surface area contributed by atoms with Gasteiger partial charge in [-0.05, 0) is 25.0 Å². The Balaban J connectivity index is 1.82. The summed E-state index contributed by atoms with van der Waals surface area (Å²) in [6.45, 7) is 0.543. The number of hydrogen-bond donors (Lipinski definition) is 1. The molecule has 0 bridgehead atoms. The van der Waals surface area contributed by atoms with Gasteiger partial charge in [0.2, 0.25) is 0 Å². The van der Waals surface area contributed by atoms with Crippen LogP contribution in [0.15, 0.2) is 47.4 Å². The summed E-state index contributed by atoms with van der Waals surface area (Å²) < 4.78 is 6.99. The quantitative estimate of drug-likeness (QED) is 0.910. The molecule has 1 heterocycles. The molecule has 1 N–H and O–H groups in total. The number of aromatic nitrogens is 1. The van der Waals surface area contributed by atoms with Gasteiger partial charge in [-0.15, -0.1) is 0 Å². The number of hydrogen-bond acceptors (Lipinski definition) is 3. The van der Waals surface area contributed by atoms with E-state index in [1.807, 2.05) is 18.2 Å². The number of ether oxygens (including phenoxy) is 1. The highest BCUT2D eigenvalue weighted by molar-refractivity contribution is 5.94. The van der Waals surface area contributed by atoms with Crippen molar-refractivity contribution in [1.29, 1.82) is 0 Å². The first-order valence-electron chi connectivity index (χ1n) is 8.64. The molecular weight excluding hydrogens is 316 g/mol. The summed E-state index contributed by atoms with van der Waals surface area (Å²) in [6, 6.07) is 11.1. The molecule has 25 heavy (non-hydrogen) atoms. The van der Waals surface area contributed by atoms with Crippen LogP contribution in [0, 0.1) is 0 Å². The van der Waals surface area contributed by atoms with E-state index in [4.69, 9.17) is 4.74 Å². The highest BCUT2D eigenvalue weighted by Gasteiger charge is 2.38. The Bertz CT molecular complexity index is 820. The first kappa shape index (κ1) is 17.3. The molecule has 0 saturated heterocycles. The fraction of sp³-hybridized carbons (Fsp3) is 0.400. The molecule has 5 heteroatoms. The molecule has 0 radical (unpaired) electrons. The minimum atomic E-state index is -0.209. The van der Waals surface area contributed by atoms with Crippen molar-refractivity contribution in [3.05, 3.63) is 64.1 Å². The second-order valence-corrected chi connectivity index (χ2v) is 6.73. The lowest BCUT2D eigenvalue weighted by Crippen LogP contribution is -2.39. The molecule has 0 unspecified atom stereocenters. The van der Waals surface area contributed by atoms with Gasteiger partial charge in [0, 0.05) is 42.4 Å². The molecular formula is C20H24N2O3. The van der Waals surface area contributed by atoms with Gasteiger partial charge in [0.25, 0.3) is 11.5 Å². The third kappa shape index (κ3) is 3.45. The Morgan fingerprint density at radius 3 is 2.64 bits per heavy atom. The topological polar surface area (TPSA) is 60.3 Å². The van der Waals surface area contributed by atoms with Crippen LogP contribution in [0.4, 0.5) is 0 Å². The molecule has 1 fully saturated rings. The van der Waals surface area contributed by atoms with Crippen LogP contribution in [0.1, 0.15) is 41.6 Å². The van der Waals surface area contributed by atoms with Crippen LogP contribution < -0.4 is 15.6 Å². The van der Waals surface area contributed by atoms with Gasteiger partial charge in [-0.3, -0.25) is 9.59 Å². The van der Waals surface area contributed by atoms with Gasteiger partial charge in [-0.2, -0.15) is 0 Å². The van der Waals surface area contributed by atoms with Crippen molar-refractivity contribution >= 4 is 5.91 Å². The Labute approximate surface area is 147 Å². The molecule has 1 saturated carbocycles. The Morgan fingerprint density at radius 1 is 1.24 bits per heavy atom. The predicted molar refractivity (Wildman–Crippen MR) is 97.2 cm³/mol. The summed E-state index contributed by atoms with van der Waals surface area (Å²) in [7, 11) is 3.35. The molecule has 132 valence electrons. The average Bonchev–Trinajstić information content (AvgIpc) is 3.12. The van der Waals surface area contributed by atoms with Gasteiger partial charge >= 0.3 is 0 Å². The van der Waals surface area contributed by atoms with Crippen LogP contribution in [-0.2, 0) is 12.5 Å². The van der Waals surface area contributed by atoms with Crippen LogP contribution >= 0.6 is 0 Å². The molecule has 0 atom stereocenters. The Kier molecular flexibility index (Phi) is 4.93. The molecule has 0 spiro atoms. The van der Waals surface area contributed by atoms with Gasteiger partial charge in [0.15, 0.2) is 0 Å². The molecule has 3 rings (SSSR count). The maximum atomic E-state index is 12.5. The summed E-state index contributed by atoms with van der Waals surface area (Å²) in [5.74, 6) is 0.658. The minimum absolute atomic E-state index is 0.109. The van der Waals surface area contributed by atoms with E-state index in [9.17, 15) is 9.59 Å². The number of aryl methyl sites for hydroxylation is 1. The van der Waals surface area contributed by atoms with E-state index in [2.05, 4.69) is 11.4 Å². The zero-order valence-corrected chi connectivity index (χ0v) is 14.7. The second kappa shape index (κ2) is 7.13. The van der Waals surface area contributed by atoms with Crippen molar-refractivity contribution in [2.45, 2.75) is 31.1 Å². The maximum Gasteiger partial charge on any atom is 0.251 e. The highest BCUT2D eigenvalue weighted by Crippen LogP contribution is 2.44. The van der Waals surface area contributed by atoms with Gasteiger partial charge in [-0.1, -0.05) is 31.0 Å². The van der Waals surface area contributed by atoms with Crippen LogP contribution in [0.5, 0.6) is 5.75 Å². The summed E-state index contributed by atoms with van der Waals surface area (Å²) in [6.07, 6.45) is 5.93. The van der Waals surface area contributed by atoms with Gasteiger partial charge in [-0.25, -0.2) is 0 Å². The number of pyridine rings is 1. The van der Waals surface area contributed by atoms with E-state index in [-0.39, 0.29) is 16.9 Å².